The Balaban J connectivity index is 1.68. The van der Waals surface area contributed by atoms with Gasteiger partial charge in [0.2, 0.25) is 5.91 Å². The van der Waals surface area contributed by atoms with Crippen molar-refractivity contribution in [1.82, 2.24) is 25.3 Å². The Hall–Kier alpha value is -2.81. The van der Waals surface area contributed by atoms with E-state index >= 15 is 0 Å². The summed E-state index contributed by atoms with van der Waals surface area (Å²) in [6, 6.07) is 8.43. The Morgan fingerprint density at radius 2 is 1.90 bits per heavy atom. The van der Waals surface area contributed by atoms with Crippen molar-refractivity contribution in [2.75, 3.05) is 5.75 Å². The number of imidazole rings is 1. The van der Waals surface area contributed by atoms with E-state index in [4.69, 9.17) is 0 Å². The summed E-state index contributed by atoms with van der Waals surface area (Å²) < 4.78 is 2.11. The lowest BCUT2D eigenvalue weighted by atomic mass is 9.87. The number of hydrogen-bond acceptors (Lipinski definition) is 5. The highest BCUT2D eigenvalue weighted by Gasteiger charge is 2.52. The predicted octanol–water partition coefficient (Wildman–Crippen LogP) is 3.28. The minimum Gasteiger partial charge on any atom is -0.323 e. The molecule has 31 heavy (non-hydrogen) atoms. The monoisotopic (exact) mass is 443 g/mol. The quantitative estimate of drug-likeness (QED) is 0.458. The summed E-state index contributed by atoms with van der Waals surface area (Å²) in [6.45, 7) is 8.76. The average Bonchev–Trinajstić information content (AvgIpc) is 3.19. The smallest absolute Gasteiger partial charge is 0.323 e. The molecule has 0 saturated carbocycles. The van der Waals surface area contributed by atoms with E-state index in [0.29, 0.717) is 12.0 Å². The number of nitrogens with zero attached hydrogens (tertiary/aromatic N) is 3. The summed E-state index contributed by atoms with van der Waals surface area (Å²) >= 11 is 1.30. The summed E-state index contributed by atoms with van der Waals surface area (Å²) in [7, 11) is 0. The van der Waals surface area contributed by atoms with Crippen molar-refractivity contribution in [3.8, 4) is 0 Å². The van der Waals surface area contributed by atoms with Crippen LogP contribution in [0.25, 0.3) is 0 Å². The number of thioether (sulfide) groups is 1. The third-order valence-corrected chi connectivity index (χ3v) is 6.59. The predicted molar refractivity (Wildman–Crippen MR) is 119 cm³/mol. The Morgan fingerprint density at radius 1 is 1.19 bits per heavy atom. The number of benzene rings is 1. The number of amides is 4. The molecule has 0 aliphatic carbocycles. The van der Waals surface area contributed by atoms with Crippen molar-refractivity contribution in [2.24, 2.45) is 0 Å². The second-order valence-corrected chi connectivity index (χ2v) is 8.53. The van der Waals surface area contributed by atoms with Crippen molar-refractivity contribution in [3.05, 3.63) is 47.3 Å². The molecule has 166 valence electrons. The summed E-state index contributed by atoms with van der Waals surface area (Å²) in [4.78, 5) is 42.8. The molecule has 1 aromatic heterocycles. The van der Waals surface area contributed by atoms with Crippen LogP contribution in [0, 0.1) is 13.8 Å². The number of carbonyl (C=O) groups excluding carboxylic acids is 3. The van der Waals surface area contributed by atoms with Crippen molar-refractivity contribution in [3.63, 3.8) is 0 Å². The van der Waals surface area contributed by atoms with Gasteiger partial charge in [0.1, 0.15) is 5.54 Å². The molecule has 0 bridgehead atoms. The first-order valence-corrected chi connectivity index (χ1v) is 11.5. The van der Waals surface area contributed by atoms with Gasteiger partial charge in [-0.3, -0.25) is 15.0 Å². The summed E-state index contributed by atoms with van der Waals surface area (Å²) in [6.07, 6.45) is 2.46. The summed E-state index contributed by atoms with van der Waals surface area (Å²) in [5.74, 6) is -0.877. The largest absolute Gasteiger partial charge is 0.344 e. The van der Waals surface area contributed by atoms with Gasteiger partial charge in [-0.25, -0.2) is 9.78 Å². The van der Waals surface area contributed by atoms with Crippen LogP contribution >= 0.6 is 11.8 Å². The molecule has 0 spiro atoms. The SMILES string of the molecule is CCCCn1c(SCC(=O)NN2C(=O)NC(CC)(c3ccccc3)C2=O)nc(C)c1C. The molecule has 3 rings (SSSR count). The van der Waals surface area contributed by atoms with E-state index < -0.39 is 23.4 Å². The third kappa shape index (κ3) is 4.46. The highest BCUT2D eigenvalue weighted by atomic mass is 32.2. The number of hydrogen-bond donors (Lipinski definition) is 2. The highest BCUT2D eigenvalue weighted by Crippen LogP contribution is 2.31. The van der Waals surface area contributed by atoms with Crippen LogP contribution in [0.4, 0.5) is 4.79 Å². The molecule has 0 radical (unpaired) electrons. The van der Waals surface area contributed by atoms with Gasteiger partial charge in [0.25, 0.3) is 5.91 Å². The van der Waals surface area contributed by atoms with Crippen molar-refractivity contribution >= 4 is 29.6 Å². The van der Waals surface area contributed by atoms with Gasteiger partial charge in [0.05, 0.1) is 11.4 Å². The first-order chi connectivity index (χ1) is 14.8. The van der Waals surface area contributed by atoms with E-state index in [-0.39, 0.29) is 5.75 Å². The number of nitrogens with one attached hydrogen (secondary N) is 2. The lowest BCUT2D eigenvalue weighted by molar-refractivity contribution is -0.138. The van der Waals surface area contributed by atoms with Crippen LogP contribution in [0.3, 0.4) is 0 Å². The maximum Gasteiger partial charge on any atom is 0.344 e. The van der Waals surface area contributed by atoms with Gasteiger partial charge in [0, 0.05) is 12.2 Å². The van der Waals surface area contributed by atoms with Crippen LogP contribution in [0.1, 0.15) is 50.1 Å². The minimum atomic E-state index is -1.18. The molecule has 1 aromatic carbocycles. The first-order valence-electron chi connectivity index (χ1n) is 10.5. The van der Waals surface area contributed by atoms with Gasteiger partial charge in [-0.05, 0) is 32.3 Å². The van der Waals surface area contributed by atoms with Crippen LogP contribution in [0.15, 0.2) is 35.5 Å². The number of carbonyl (C=O) groups is 3. The molecule has 2 heterocycles. The van der Waals surface area contributed by atoms with Crippen LogP contribution in [0.5, 0.6) is 0 Å². The highest BCUT2D eigenvalue weighted by molar-refractivity contribution is 7.99. The molecule has 1 fully saturated rings. The number of rotatable bonds is 9. The van der Waals surface area contributed by atoms with Crippen LogP contribution < -0.4 is 10.7 Å². The Bertz CT molecular complexity index is 975. The second-order valence-electron chi connectivity index (χ2n) is 7.59. The number of imide groups is 1. The fraction of sp³-hybridized carbons (Fsp3) is 0.455. The lowest BCUT2D eigenvalue weighted by Crippen LogP contribution is -2.49. The van der Waals surface area contributed by atoms with Gasteiger partial charge in [-0.2, -0.15) is 5.01 Å². The topological polar surface area (TPSA) is 96.3 Å². The van der Waals surface area contributed by atoms with Crippen LogP contribution in [-0.2, 0) is 21.7 Å². The number of aromatic nitrogens is 2. The van der Waals surface area contributed by atoms with Gasteiger partial charge in [0.15, 0.2) is 5.16 Å². The van der Waals surface area contributed by atoms with Gasteiger partial charge < -0.3 is 9.88 Å². The Kier molecular flexibility index (Phi) is 7.04. The third-order valence-electron chi connectivity index (χ3n) is 5.62. The molecule has 1 unspecified atom stereocenters. The maximum absolute atomic E-state index is 13.1. The van der Waals surface area contributed by atoms with E-state index in [9.17, 15) is 14.4 Å². The van der Waals surface area contributed by atoms with E-state index in [2.05, 4.69) is 27.2 Å². The van der Waals surface area contributed by atoms with Crippen LogP contribution in [-0.4, -0.2) is 38.2 Å². The fourth-order valence-electron chi connectivity index (χ4n) is 3.64. The normalized spacial score (nSPS) is 18.4. The van der Waals surface area contributed by atoms with Crippen molar-refractivity contribution in [2.45, 2.75) is 64.2 Å². The molecule has 2 aromatic rings. The van der Waals surface area contributed by atoms with Crippen LogP contribution in [0.2, 0.25) is 0 Å². The average molecular weight is 444 g/mol. The maximum atomic E-state index is 13.1. The molecule has 2 N–H and O–H groups in total. The lowest BCUT2D eigenvalue weighted by Gasteiger charge is -2.25. The molecular formula is C22H29N5O3S. The zero-order valence-corrected chi connectivity index (χ0v) is 19.2. The zero-order chi connectivity index (χ0) is 22.6. The van der Waals surface area contributed by atoms with E-state index in [1.54, 1.807) is 12.1 Å². The van der Waals surface area contributed by atoms with E-state index in [1.165, 1.54) is 11.8 Å². The minimum absolute atomic E-state index is 0.0452. The molecule has 1 aliphatic heterocycles. The van der Waals surface area contributed by atoms with Crippen molar-refractivity contribution < 1.29 is 14.4 Å². The zero-order valence-electron chi connectivity index (χ0n) is 18.4. The Labute approximate surface area is 186 Å². The molecule has 1 saturated heterocycles. The second kappa shape index (κ2) is 9.55. The molecule has 4 amide bonds. The summed E-state index contributed by atoms with van der Waals surface area (Å²) in [5, 5.41) is 4.31. The van der Waals surface area contributed by atoms with Gasteiger partial charge in [-0.15, -0.1) is 0 Å². The first kappa shape index (κ1) is 22.9. The number of unbranched alkanes of at least 4 members (excludes halogenated alkanes) is 1. The number of aryl methyl sites for hydroxylation is 1. The van der Waals surface area contributed by atoms with Crippen molar-refractivity contribution in [1.29, 1.82) is 0 Å². The number of hydrazine groups is 1. The standard InChI is InChI=1S/C22H29N5O3S/c1-5-7-13-26-16(4)15(3)23-21(26)31-14-18(28)25-27-19(29)22(6-2,24-20(27)30)17-11-9-8-10-12-17/h8-12H,5-7,13-14H2,1-4H3,(H,24,30)(H,25,28). The molecular weight excluding hydrogens is 414 g/mol. The Morgan fingerprint density at radius 3 is 2.55 bits per heavy atom. The van der Waals surface area contributed by atoms with E-state index in [1.807, 2.05) is 39.0 Å². The molecule has 1 aliphatic rings. The molecule has 1 atom stereocenters. The molecule has 8 nitrogen and oxygen atoms in total. The fourth-order valence-corrected chi connectivity index (χ4v) is 4.55. The summed E-state index contributed by atoms with van der Waals surface area (Å²) in [5.41, 5.74) is 3.99. The van der Waals surface area contributed by atoms with Gasteiger partial charge in [-0.1, -0.05) is 62.4 Å². The number of urea groups is 1. The van der Waals surface area contributed by atoms with Gasteiger partial charge >= 0.3 is 6.03 Å². The van der Waals surface area contributed by atoms with E-state index in [0.717, 1.165) is 40.9 Å². The molecule has 9 heteroatoms.